The second kappa shape index (κ2) is 9.20. The highest BCUT2D eigenvalue weighted by Crippen LogP contribution is 2.35. The zero-order chi connectivity index (χ0) is 23.8. The molecule has 2 aliphatic rings. The number of alkyl halides is 3. The summed E-state index contributed by atoms with van der Waals surface area (Å²) in [7, 11) is 0. The van der Waals surface area contributed by atoms with E-state index in [1.54, 1.807) is 12.1 Å². The van der Waals surface area contributed by atoms with E-state index in [4.69, 9.17) is 9.47 Å². The monoisotopic (exact) mass is 467 g/mol. The summed E-state index contributed by atoms with van der Waals surface area (Å²) in [5.74, 6) is 0.791. The normalized spacial score (nSPS) is 21.3. The molecule has 180 valence electrons. The maximum absolute atomic E-state index is 14.0. The van der Waals surface area contributed by atoms with E-state index in [1.165, 1.54) is 21.7 Å². The molecule has 2 aliphatic heterocycles. The van der Waals surface area contributed by atoms with E-state index in [9.17, 15) is 18.0 Å². The smallest absolute Gasteiger partial charge is 0.408 e. The molecule has 11 heteroatoms. The summed E-state index contributed by atoms with van der Waals surface area (Å²) in [5, 5.41) is 0. The Kier molecular flexibility index (Phi) is 6.51. The van der Waals surface area contributed by atoms with Crippen molar-refractivity contribution in [1.82, 2.24) is 14.5 Å². The van der Waals surface area contributed by atoms with Crippen LogP contribution in [-0.2, 0) is 17.8 Å². The van der Waals surface area contributed by atoms with Gasteiger partial charge < -0.3 is 19.3 Å². The van der Waals surface area contributed by atoms with Crippen molar-refractivity contribution in [1.29, 1.82) is 0 Å². The summed E-state index contributed by atoms with van der Waals surface area (Å²) in [5.41, 5.74) is 0.200. The van der Waals surface area contributed by atoms with E-state index in [2.05, 4.69) is 9.97 Å². The fourth-order valence-corrected chi connectivity index (χ4v) is 4.21. The quantitative estimate of drug-likeness (QED) is 0.670. The van der Waals surface area contributed by atoms with E-state index in [0.29, 0.717) is 37.0 Å². The Morgan fingerprint density at radius 3 is 2.70 bits per heavy atom. The SMILES string of the molecule is CC(C)Oc1ccc(CN2c3nc(N4CCOC[C@H]4C)cc(=O)n3CCC2C(F)(F)F)cn1. The number of hydrogen-bond donors (Lipinski definition) is 0. The van der Waals surface area contributed by atoms with Gasteiger partial charge in [-0.25, -0.2) is 4.98 Å². The molecule has 0 spiro atoms. The number of hydrogen-bond acceptors (Lipinski definition) is 7. The molecule has 0 amide bonds. The molecule has 0 aliphatic carbocycles. The Balaban J connectivity index is 1.71. The number of rotatable bonds is 5. The molecule has 1 unspecified atom stereocenters. The van der Waals surface area contributed by atoms with Crippen molar-refractivity contribution < 1.29 is 22.6 Å². The first-order chi connectivity index (χ1) is 15.6. The Morgan fingerprint density at radius 1 is 1.27 bits per heavy atom. The number of halogens is 3. The minimum Gasteiger partial charge on any atom is -0.475 e. The van der Waals surface area contributed by atoms with Crippen LogP contribution in [0.3, 0.4) is 0 Å². The van der Waals surface area contributed by atoms with E-state index in [1.807, 2.05) is 25.7 Å². The number of aromatic nitrogens is 3. The summed E-state index contributed by atoms with van der Waals surface area (Å²) >= 11 is 0. The highest BCUT2D eigenvalue weighted by Gasteiger charge is 2.47. The molecule has 0 bridgehead atoms. The van der Waals surface area contributed by atoms with Gasteiger partial charge in [0.15, 0.2) is 0 Å². The van der Waals surface area contributed by atoms with Crippen molar-refractivity contribution in [2.75, 3.05) is 29.6 Å². The van der Waals surface area contributed by atoms with Gasteiger partial charge in [-0.2, -0.15) is 18.2 Å². The van der Waals surface area contributed by atoms with Crippen LogP contribution in [-0.4, -0.2) is 58.7 Å². The molecule has 33 heavy (non-hydrogen) atoms. The van der Waals surface area contributed by atoms with Gasteiger partial charge in [0.1, 0.15) is 11.9 Å². The average Bonchev–Trinajstić information content (AvgIpc) is 2.74. The fourth-order valence-electron chi connectivity index (χ4n) is 4.21. The Labute approximate surface area is 189 Å². The zero-order valence-corrected chi connectivity index (χ0v) is 18.9. The molecular weight excluding hydrogens is 439 g/mol. The van der Waals surface area contributed by atoms with Crippen LogP contribution in [0.5, 0.6) is 5.88 Å². The van der Waals surface area contributed by atoms with Gasteiger partial charge in [-0.1, -0.05) is 6.07 Å². The van der Waals surface area contributed by atoms with Crippen LogP contribution in [0.1, 0.15) is 32.8 Å². The van der Waals surface area contributed by atoms with Crippen LogP contribution in [0.2, 0.25) is 0 Å². The molecule has 4 heterocycles. The van der Waals surface area contributed by atoms with Crippen molar-refractivity contribution >= 4 is 11.8 Å². The summed E-state index contributed by atoms with van der Waals surface area (Å²) in [4.78, 5) is 24.7. The van der Waals surface area contributed by atoms with E-state index in [0.717, 1.165) is 0 Å². The standard InChI is InChI=1S/C22H28F3N5O3/c1-14(2)33-19-5-4-16(11-26-19)12-30-17(22(23,24)25)6-7-29-20(31)10-18(27-21(29)30)28-8-9-32-13-15(28)3/h4-5,10-11,14-15,17H,6-9,12-13H2,1-3H3/t15-,17?/m1/s1. The first kappa shape index (κ1) is 23.3. The van der Waals surface area contributed by atoms with E-state index >= 15 is 0 Å². The van der Waals surface area contributed by atoms with Gasteiger partial charge in [0.25, 0.3) is 5.56 Å². The number of fused-ring (bicyclic) bond motifs is 1. The number of pyridine rings is 1. The molecule has 0 saturated carbocycles. The summed E-state index contributed by atoms with van der Waals surface area (Å²) in [6.45, 7) is 6.98. The number of ether oxygens (including phenoxy) is 2. The lowest BCUT2D eigenvalue weighted by atomic mass is 10.1. The molecule has 0 radical (unpaired) electrons. The first-order valence-electron chi connectivity index (χ1n) is 11.0. The van der Waals surface area contributed by atoms with E-state index < -0.39 is 12.2 Å². The number of morpholine rings is 1. The predicted molar refractivity (Wildman–Crippen MR) is 117 cm³/mol. The first-order valence-corrected chi connectivity index (χ1v) is 11.0. The highest BCUT2D eigenvalue weighted by atomic mass is 19.4. The van der Waals surface area contributed by atoms with Gasteiger partial charge in [-0.3, -0.25) is 9.36 Å². The van der Waals surface area contributed by atoms with Crippen molar-refractivity contribution in [2.45, 2.75) is 64.6 Å². The van der Waals surface area contributed by atoms with Crippen LogP contribution < -0.4 is 20.1 Å². The topological polar surface area (TPSA) is 72.7 Å². The van der Waals surface area contributed by atoms with Gasteiger partial charge >= 0.3 is 6.18 Å². The van der Waals surface area contributed by atoms with Crippen molar-refractivity contribution in [2.24, 2.45) is 0 Å². The summed E-state index contributed by atoms with van der Waals surface area (Å²) < 4.78 is 54.3. The zero-order valence-electron chi connectivity index (χ0n) is 18.9. The van der Waals surface area contributed by atoms with Crippen LogP contribution in [0, 0.1) is 0 Å². The lowest BCUT2D eigenvalue weighted by Crippen LogP contribution is -2.52. The van der Waals surface area contributed by atoms with Crippen molar-refractivity contribution in [3.8, 4) is 5.88 Å². The fraction of sp³-hybridized carbons (Fsp3) is 0.591. The Bertz CT molecular complexity index is 1030. The van der Waals surface area contributed by atoms with Gasteiger partial charge in [0.05, 0.1) is 25.4 Å². The van der Waals surface area contributed by atoms with Crippen molar-refractivity contribution in [3.05, 3.63) is 40.3 Å². The molecule has 2 aromatic rings. The third-order valence-corrected chi connectivity index (χ3v) is 5.78. The third kappa shape index (κ3) is 5.07. The summed E-state index contributed by atoms with van der Waals surface area (Å²) in [6, 6.07) is 2.92. The minimum absolute atomic E-state index is 0.0206. The maximum Gasteiger partial charge on any atom is 0.408 e. The predicted octanol–water partition coefficient (Wildman–Crippen LogP) is 2.99. The second-order valence-electron chi connectivity index (χ2n) is 8.67. The van der Waals surface area contributed by atoms with Crippen LogP contribution in [0.25, 0.3) is 0 Å². The average molecular weight is 467 g/mol. The molecule has 1 fully saturated rings. The Hall–Kier alpha value is -2.82. The highest BCUT2D eigenvalue weighted by molar-refractivity contribution is 5.48. The number of nitrogens with zero attached hydrogens (tertiary/aromatic N) is 5. The van der Waals surface area contributed by atoms with Gasteiger partial charge in [0, 0.05) is 38.0 Å². The summed E-state index contributed by atoms with van der Waals surface area (Å²) in [6.07, 6.45) is -3.27. The molecule has 2 aromatic heterocycles. The van der Waals surface area contributed by atoms with Crippen molar-refractivity contribution in [3.63, 3.8) is 0 Å². The lowest BCUT2D eigenvalue weighted by molar-refractivity contribution is -0.153. The molecule has 2 atom stereocenters. The van der Waals surface area contributed by atoms with Gasteiger partial charge in [-0.05, 0) is 32.8 Å². The third-order valence-electron chi connectivity index (χ3n) is 5.78. The van der Waals surface area contributed by atoms with Gasteiger partial charge in [-0.15, -0.1) is 0 Å². The Morgan fingerprint density at radius 2 is 2.06 bits per heavy atom. The molecule has 1 saturated heterocycles. The van der Waals surface area contributed by atoms with Crippen LogP contribution in [0.4, 0.5) is 24.9 Å². The van der Waals surface area contributed by atoms with E-state index in [-0.39, 0.29) is 43.2 Å². The lowest BCUT2D eigenvalue weighted by Gasteiger charge is -2.40. The molecule has 0 aromatic carbocycles. The molecular formula is C22H28F3N5O3. The number of anilines is 2. The maximum atomic E-state index is 14.0. The second-order valence-corrected chi connectivity index (χ2v) is 8.67. The largest absolute Gasteiger partial charge is 0.475 e. The van der Waals surface area contributed by atoms with Crippen LogP contribution in [0.15, 0.2) is 29.2 Å². The molecule has 0 N–H and O–H groups in total. The van der Waals surface area contributed by atoms with Gasteiger partial charge in [0.2, 0.25) is 11.8 Å². The molecule has 8 nitrogen and oxygen atoms in total. The minimum atomic E-state index is -4.47. The molecule has 4 rings (SSSR count). The van der Waals surface area contributed by atoms with Crippen LogP contribution >= 0.6 is 0 Å².